The first-order chi connectivity index (χ1) is 6.45. The van der Waals surface area contributed by atoms with Gasteiger partial charge >= 0.3 is 0 Å². The zero-order valence-corrected chi connectivity index (χ0v) is 7.14. The van der Waals surface area contributed by atoms with Crippen LogP contribution in [0.3, 0.4) is 0 Å². The number of hydrogen-bond donors (Lipinski definition) is 0. The SMILES string of the molecule is c1ccc2c(c1)cn1ccccc21. The third-order valence-electron chi connectivity index (χ3n) is 2.40. The molecule has 0 radical (unpaired) electrons. The van der Waals surface area contributed by atoms with E-state index in [9.17, 15) is 0 Å². The Morgan fingerprint density at radius 1 is 0.846 bits per heavy atom. The van der Waals surface area contributed by atoms with E-state index in [0.717, 1.165) is 0 Å². The molecule has 2 heterocycles. The van der Waals surface area contributed by atoms with Crippen molar-refractivity contribution in [1.82, 2.24) is 4.40 Å². The normalized spacial score (nSPS) is 11.1. The van der Waals surface area contributed by atoms with E-state index in [4.69, 9.17) is 0 Å². The van der Waals surface area contributed by atoms with Crippen molar-refractivity contribution in [2.24, 2.45) is 0 Å². The highest BCUT2D eigenvalue weighted by atomic mass is 14.8. The van der Waals surface area contributed by atoms with Crippen molar-refractivity contribution >= 4 is 16.3 Å². The van der Waals surface area contributed by atoms with E-state index in [2.05, 4.69) is 53.2 Å². The fourth-order valence-electron chi connectivity index (χ4n) is 1.79. The van der Waals surface area contributed by atoms with Crippen molar-refractivity contribution < 1.29 is 0 Å². The third kappa shape index (κ3) is 0.872. The Labute approximate surface area is 76.2 Å². The second-order valence-corrected chi connectivity index (χ2v) is 3.21. The lowest BCUT2D eigenvalue weighted by Crippen LogP contribution is -1.76. The van der Waals surface area contributed by atoms with Gasteiger partial charge in [0.1, 0.15) is 0 Å². The van der Waals surface area contributed by atoms with E-state index in [1.807, 2.05) is 6.07 Å². The van der Waals surface area contributed by atoms with E-state index in [1.165, 1.54) is 16.3 Å². The molecular weight excluding hydrogens is 158 g/mol. The summed E-state index contributed by atoms with van der Waals surface area (Å²) in [5.74, 6) is 0. The number of rotatable bonds is 0. The summed E-state index contributed by atoms with van der Waals surface area (Å²) in [7, 11) is 0. The molecule has 0 spiro atoms. The van der Waals surface area contributed by atoms with Crippen LogP contribution >= 0.6 is 0 Å². The van der Waals surface area contributed by atoms with Crippen LogP contribution in [0.1, 0.15) is 0 Å². The molecule has 0 amide bonds. The molecule has 0 aliphatic rings. The van der Waals surface area contributed by atoms with Gasteiger partial charge in [-0.25, -0.2) is 0 Å². The van der Waals surface area contributed by atoms with Crippen molar-refractivity contribution in [3.8, 4) is 0 Å². The van der Waals surface area contributed by atoms with Gasteiger partial charge in [-0.05, 0) is 12.1 Å². The maximum absolute atomic E-state index is 2.16. The van der Waals surface area contributed by atoms with Gasteiger partial charge in [-0.15, -0.1) is 0 Å². The van der Waals surface area contributed by atoms with Crippen LogP contribution in [0.2, 0.25) is 0 Å². The number of aromatic nitrogens is 1. The molecular formula is C12H9N. The van der Waals surface area contributed by atoms with Crippen LogP contribution in [0.5, 0.6) is 0 Å². The molecule has 1 nitrogen and oxygen atoms in total. The maximum Gasteiger partial charge on any atom is 0.0528 e. The van der Waals surface area contributed by atoms with E-state index in [0.29, 0.717) is 0 Å². The quantitative estimate of drug-likeness (QED) is 0.484. The van der Waals surface area contributed by atoms with Crippen molar-refractivity contribution in [2.75, 3.05) is 0 Å². The van der Waals surface area contributed by atoms with E-state index >= 15 is 0 Å². The lowest BCUT2D eigenvalue weighted by molar-refractivity contribution is 1.21. The molecule has 3 aromatic rings. The minimum absolute atomic E-state index is 1.28. The maximum atomic E-state index is 2.16. The first-order valence-electron chi connectivity index (χ1n) is 4.39. The number of hydrogen-bond acceptors (Lipinski definition) is 0. The Hall–Kier alpha value is -1.76. The molecule has 13 heavy (non-hydrogen) atoms. The summed E-state index contributed by atoms with van der Waals surface area (Å²) in [6.45, 7) is 0. The summed E-state index contributed by atoms with van der Waals surface area (Å²) in [5.41, 5.74) is 1.28. The zero-order chi connectivity index (χ0) is 8.67. The van der Waals surface area contributed by atoms with Crippen molar-refractivity contribution in [3.63, 3.8) is 0 Å². The Morgan fingerprint density at radius 2 is 1.69 bits per heavy atom. The molecule has 0 unspecified atom stereocenters. The first-order valence-corrected chi connectivity index (χ1v) is 4.39. The van der Waals surface area contributed by atoms with E-state index < -0.39 is 0 Å². The van der Waals surface area contributed by atoms with Gasteiger partial charge in [0.15, 0.2) is 0 Å². The van der Waals surface area contributed by atoms with Crippen molar-refractivity contribution in [3.05, 3.63) is 54.9 Å². The third-order valence-corrected chi connectivity index (χ3v) is 2.40. The zero-order valence-electron chi connectivity index (χ0n) is 7.14. The summed E-state index contributed by atoms with van der Waals surface area (Å²) >= 11 is 0. The molecule has 0 N–H and O–H groups in total. The highest BCUT2D eigenvalue weighted by Crippen LogP contribution is 2.20. The highest BCUT2D eigenvalue weighted by Gasteiger charge is 1.98. The summed E-state index contributed by atoms with van der Waals surface area (Å²) in [5, 5.41) is 2.62. The molecule has 1 heteroatoms. The van der Waals surface area contributed by atoms with Crippen LogP contribution in [0.15, 0.2) is 54.9 Å². The van der Waals surface area contributed by atoms with Gasteiger partial charge in [0.05, 0.1) is 5.52 Å². The summed E-state index contributed by atoms with van der Waals surface area (Å²) < 4.78 is 2.16. The topological polar surface area (TPSA) is 4.41 Å². The fraction of sp³-hybridized carbons (Fsp3) is 0. The molecule has 0 saturated heterocycles. The van der Waals surface area contributed by atoms with E-state index in [1.54, 1.807) is 0 Å². The minimum Gasteiger partial charge on any atom is -0.323 e. The molecule has 0 aliphatic carbocycles. The average molecular weight is 167 g/mol. The monoisotopic (exact) mass is 167 g/mol. The Kier molecular flexibility index (Phi) is 1.22. The van der Waals surface area contributed by atoms with E-state index in [-0.39, 0.29) is 0 Å². The van der Waals surface area contributed by atoms with Crippen LogP contribution in [-0.2, 0) is 0 Å². The largest absolute Gasteiger partial charge is 0.323 e. The van der Waals surface area contributed by atoms with Crippen molar-refractivity contribution in [1.29, 1.82) is 0 Å². The Morgan fingerprint density at radius 3 is 2.69 bits per heavy atom. The second kappa shape index (κ2) is 2.36. The molecule has 2 aromatic heterocycles. The minimum atomic E-state index is 1.28. The van der Waals surface area contributed by atoms with Crippen LogP contribution in [0.25, 0.3) is 16.3 Å². The number of pyridine rings is 1. The van der Waals surface area contributed by atoms with Crippen molar-refractivity contribution in [2.45, 2.75) is 0 Å². The molecule has 0 fully saturated rings. The average Bonchev–Trinajstić information content (AvgIpc) is 2.56. The molecule has 62 valence electrons. The Bertz CT molecular complexity index is 513. The predicted octanol–water partition coefficient (Wildman–Crippen LogP) is 3.09. The van der Waals surface area contributed by atoms with Crippen LogP contribution in [-0.4, -0.2) is 4.40 Å². The van der Waals surface area contributed by atoms with Gasteiger partial charge in [-0.2, -0.15) is 0 Å². The molecule has 1 aromatic carbocycles. The number of nitrogens with zero attached hydrogens (tertiary/aromatic N) is 1. The summed E-state index contributed by atoms with van der Waals surface area (Å²) in [4.78, 5) is 0. The van der Waals surface area contributed by atoms with Gasteiger partial charge in [0, 0.05) is 23.2 Å². The fourth-order valence-corrected chi connectivity index (χ4v) is 1.79. The molecule has 3 rings (SSSR count). The first kappa shape index (κ1) is 6.72. The Balaban J connectivity index is 2.64. The highest BCUT2D eigenvalue weighted by molar-refractivity contribution is 5.97. The van der Waals surface area contributed by atoms with Gasteiger partial charge in [0.2, 0.25) is 0 Å². The number of fused-ring (bicyclic) bond motifs is 3. The second-order valence-electron chi connectivity index (χ2n) is 3.21. The summed E-state index contributed by atoms with van der Waals surface area (Å²) in [6, 6.07) is 14.7. The molecule has 0 atom stereocenters. The van der Waals surface area contributed by atoms with Gasteiger partial charge in [-0.3, -0.25) is 0 Å². The van der Waals surface area contributed by atoms with Gasteiger partial charge in [0.25, 0.3) is 0 Å². The molecule has 0 bridgehead atoms. The standard InChI is InChI=1S/C12H9N/c1-2-6-11-10(5-1)9-13-8-4-3-7-12(11)13/h1-9H. The lowest BCUT2D eigenvalue weighted by atomic mass is 10.2. The molecule has 0 saturated carbocycles. The van der Waals surface area contributed by atoms with Gasteiger partial charge < -0.3 is 4.40 Å². The van der Waals surface area contributed by atoms with Crippen LogP contribution in [0, 0.1) is 0 Å². The molecule has 0 aliphatic heterocycles. The lowest BCUT2D eigenvalue weighted by Gasteiger charge is -1.91. The van der Waals surface area contributed by atoms with Gasteiger partial charge in [-0.1, -0.05) is 30.3 Å². The predicted molar refractivity (Wildman–Crippen MR) is 54.9 cm³/mol. The summed E-state index contributed by atoms with van der Waals surface area (Å²) in [6.07, 6.45) is 4.24. The van der Waals surface area contributed by atoms with Crippen LogP contribution < -0.4 is 0 Å². The number of benzene rings is 1. The smallest absolute Gasteiger partial charge is 0.0528 e. The van der Waals surface area contributed by atoms with Crippen LogP contribution in [0.4, 0.5) is 0 Å².